The van der Waals surface area contributed by atoms with Crippen LogP contribution in [0.25, 0.3) is 0 Å². The summed E-state index contributed by atoms with van der Waals surface area (Å²) in [5, 5.41) is 3.87. The molecule has 0 saturated heterocycles. The second-order valence-corrected chi connectivity index (χ2v) is 4.38. The Morgan fingerprint density at radius 3 is 2.75 bits per heavy atom. The van der Waals surface area contributed by atoms with Crippen LogP contribution in [0, 0.1) is 0 Å². The molecule has 1 rings (SSSR count). The minimum Gasteiger partial charge on any atom is -0.348 e. The van der Waals surface area contributed by atoms with Gasteiger partial charge < -0.3 is 10.2 Å². The lowest BCUT2D eigenvalue weighted by molar-refractivity contribution is -0.127. The van der Waals surface area contributed by atoms with Crippen molar-refractivity contribution in [3.8, 4) is 0 Å². The van der Waals surface area contributed by atoms with Crippen LogP contribution in [0.4, 0.5) is 0 Å². The van der Waals surface area contributed by atoms with Gasteiger partial charge in [0.25, 0.3) is 0 Å². The predicted molar refractivity (Wildman–Crippen MR) is 66.6 cm³/mol. The molecule has 0 radical (unpaired) electrons. The highest BCUT2D eigenvalue weighted by Crippen LogP contribution is 2.16. The van der Waals surface area contributed by atoms with E-state index in [-0.39, 0.29) is 11.9 Å². The fraction of sp³-hybridized carbons (Fsp3) is 0.417. The lowest BCUT2D eigenvalue weighted by Crippen LogP contribution is -2.34. The number of amides is 1. The van der Waals surface area contributed by atoms with Crippen LogP contribution in [0.3, 0.4) is 0 Å². The first-order valence-electron chi connectivity index (χ1n) is 5.19. The Balaban J connectivity index is 2.53. The molecule has 1 aromatic carbocycles. The maximum atomic E-state index is 11.4. The van der Waals surface area contributed by atoms with Gasteiger partial charge in [0.1, 0.15) is 0 Å². The van der Waals surface area contributed by atoms with Gasteiger partial charge in [0.2, 0.25) is 5.91 Å². The number of nitrogens with one attached hydrogen (secondary N) is 1. The number of hydrogen-bond acceptors (Lipinski definition) is 2. The van der Waals surface area contributed by atoms with Crippen LogP contribution in [0.5, 0.6) is 0 Å². The van der Waals surface area contributed by atoms with Gasteiger partial charge in [-0.1, -0.05) is 23.7 Å². The van der Waals surface area contributed by atoms with Crippen LogP contribution in [-0.4, -0.2) is 31.4 Å². The molecule has 1 aromatic rings. The highest BCUT2D eigenvalue weighted by atomic mass is 35.5. The van der Waals surface area contributed by atoms with Crippen molar-refractivity contribution in [2.24, 2.45) is 0 Å². The molecule has 1 atom stereocenters. The Labute approximate surface area is 101 Å². The van der Waals surface area contributed by atoms with Crippen molar-refractivity contribution in [1.29, 1.82) is 0 Å². The van der Waals surface area contributed by atoms with E-state index < -0.39 is 0 Å². The summed E-state index contributed by atoms with van der Waals surface area (Å²) in [6.07, 6.45) is 0. The molecule has 1 N–H and O–H groups in total. The molecule has 3 nitrogen and oxygen atoms in total. The quantitative estimate of drug-likeness (QED) is 0.874. The van der Waals surface area contributed by atoms with E-state index in [1.807, 2.05) is 31.2 Å². The summed E-state index contributed by atoms with van der Waals surface area (Å²) in [5.74, 6) is 0.0638. The zero-order valence-electron chi connectivity index (χ0n) is 9.83. The van der Waals surface area contributed by atoms with Crippen LogP contribution >= 0.6 is 11.6 Å². The molecule has 0 aliphatic heterocycles. The van der Waals surface area contributed by atoms with Gasteiger partial charge in [-0.2, -0.15) is 0 Å². The molecule has 0 saturated carbocycles. The third-order valence-electron chi connectivity index (χ3n) is 2.41. The van der Waals surface area contributed by atoms with Crippen molar-refractivity contribution in [3.63, 3.8) is 0 Å². The zero-order chi connectivity index (χ0) is 12.1. The Hall–Kier alpha value is -1.06. The topological polar surface area (TPSA) is 32.3 Å². The average molecular weight is 241 g/mol. The van der Waals surface area contributed by atoms with Crippen molar-refractivity contribution < 1.29 is 4.79 Å². The van der Waals surface area contributed by atoms with Crippen molar-refractivity contribution in [2.45, 2.75) is 13.0 Å². The molecule has 0 aromatic heterocycles. The lowest BCUT2D eigenvalue weighted by Gasteiger charge is -2.16. The third-order valence-corrected chi connectivity index (χ3v) is 2.64. The number of benzene rings is 1. The van der Waals surface area contributed by atoms with Crippen LogP contribution in [0.15, 0.2) is 24.3 Å². The summed E-state index contributed by atoms with van der Waals surface area (Å²) < 4.78 is 0. The molecule has 0 aliphatic rings. The van der Waals surface area contributed by atoms with E-state index >= 15 is 0 Å². The number of likely N-dealkylation sites (N-methyl/N-ethyl adjacent to an activating group) is 1. The highest BCUT2D eigenvalue weighted by molar-refractivity contribution is 6.30. The molecule has 88 valence electrons. The Morgan fingerprint density at radius 2 is 2.19 bits per heavy atom. The van der Waals surface area contributed by atoms with E-state index in [0.29, 0.717) is 11.6 Å². The molecule has 0 heterocycles. The minimum atomic E-state index is 0.0638. The number of halogens is 1. The van der Waals surface area contributed by atoms with Gasteiger partial charge in [-0.05, 0) is 24.6 Å². The van der Waals surface area contributed by atoms with E-state index in [4.69, 9.17) is 11.6 Å². The molecular weight excluding hydrogens is 224 g/mol. The van der Waals surface area contributed by atoms with E-state index in [0.717, 1.165) is 5.56 Å². The third kappa shape index (κ3) is 3.83. The standard InChI is InChI=1S/C12H17ClN2O/c1-9(14-8-12(16)15(2)3)10-5-4-6-11(13)7-10/h4-7,9,14H,8H2,1-3H3/t9-/m1/s1. The van der Waals surface area contributed by atoms with Crippen LogP contribution < -0.4 is 5.32 Å². The van der Waals surface area contributed by atoms with Gasteiger partial charge >= 0.3 is 0 Å². The maximum Gasteiger partial charge on any atom is 0.236 e. The van der Waals surface area contributed by atoms with Gasteiger partial charge in [-0.15, -0.1) is 0 Å². The molecule has 0 bridgehead atoms. The average Bonchev–Trinajstić information content (AvgIpc) is 2.25. The molecule has 1 amide bonds. The van der Waals surface area contributed by atoms with Crippen LogP contribution in [0.1, 0.15) is 18.5 Å². The van der Waals surface area contributed by atoms with E-state index in [9.17, 15) is 4.79 Å². The monoisotopic (exact) mass is 240 g/mol. The van der Waals surface area contributed by atoms with E-state index in [2.05, 4.69) is 5.32 Å². The molecule has 0 fully saturated rings. The second kappa shape index (κ2) is 5.87. The van der Waals surface area contributed by atoms with Crippen molar-refractivity contribution in [1.82, 2.24) is 10.2 Å². The lowest BCUT2D eigenvalue weighted by atomic mass is 10.1. The van der Waals surface area contributed by atoms with Gasteiger partial charge in [0, 0.05) is 25.2 Å². The maximum absolute atomic E-state index is 11.4. The van der Waals surface area contributed by atoms with E-state index in [1.165, 1.54) is 0 Å². The van der Waals surface area contributed by atoms with Crippen LogP contribution in [0.2, 0.25) is 5.02 Å². The summed E-state index contributed by atoms with van der Waals surface area (Å²) >= 11 is 5.90. The molecule has 0 spiro atoms. The molecule has 0 aliphatic carbocycles. The zero-order valence-corrected chi connectivity index (χ0v) is 10.6. The summed E-state index contributed by atoms with van der Waals surface area (Å²) in [6.45, 7) is 2.34. The molecule has 4 heteroatoms. The van der Waals surface area contributed by atoms with Crippen molar-refractivity contribution >= 4 is 17.5 Å². The summed E-state index contributed by atoms with van der Waals surface area (Å²) in [7, 11) is 3.49. The Kier molecular flexibility index (Phi) is 4.77. The van der Waals surface area contributed by atoms with Gasteiger partial charge in [-0.25, -0.2) is 0 Å². The Morgan fingerprint density at radius 1 is 1.50 bits per heavy atom. The smallest absolute Gasteiger partial charge is 0.236 e. The predicted octanol–water partition coefficient (Wildman–Crippen LogP) is 2.08. The Bertz CT molecular complexity index is 366. The first kappa shape index (κ1) is 13.0. The van der Waals surface area contributed by atoms with Gasteiger partial charge in [0.05, 0.1) is 6.54 Å². The fourth-order valence-electron chi connectivity index (χ4n) is 1.29. The number of carbonyl (C=O) groups excluding carboxylic acids is 1. The van der Waals surface area contributed by atoms with Crippen molar-refractivity contribution in [3.05, 3.63) is 34.9 Å². The molecular formula is C12H17ClN2O. The number of carbonyl (C=O) groups is 1. The second-order valence-electron chi connectivity index (χ2n) is 3.95. The minimum absolute atomic E-state index is 0.0638. The van der Waals surface area contributed by atoms with E-state index in [1.54, 1.807) is 19.0 Å². The largest absolute Gasteiger partial charge is 0.348 e. The van der Waals surface area contributed by atoms with Crippen LogP contribution in [-0.2, 0) is 4.79 Å². The first-order valence-corrected chi connectivity index (χ1v) is 5.57. The summed E-state index contributed by atoms with van der Waals surface area (Å²) in [5.41, 5.74) is 1.08. The van der Waals surface area contributed by atoms with Gasteiger partial charge in [0.15, 0.2) is 0 Å². The molecule has 16 heavy (non-hydrogen) atoms. The summed E-state index contributed by atoms with van der Waals surface area (Å²) in [6, 6.07) is 7.75. The SMILES string of the molecule is C[C@@H](NCC(=O)N(C)C)c1cccc(Cl)c1. The summed E-state index contributed by atoms with van der Waals surface area (Å²) in [4.78, 5) is 13.0. The number of nitrogens with zero attached hydrogens (tertiary/aromatic N) is 1. The normalized spacial score (nSPS) is 12.2. The number of hydrogen-bond donors (Lipinski definition) is 1. The van der Waals surface area contributed by atoms with Gasteiger partial charge in [-0.3, -0.25) is 4.79 Å². The molecule has 0 unspecified atom stereocenters. The van der Waals surface area contributed by atoms with Crippen molar-refractivity contribution in [2.75, 3.05) is 20.6 Å². The fourth-order valence-corrected chi connectivity index (χ4v) is 1.49. The highest BCUT2D eigenvalue weighted by Gasteiger charge is 2.08. The number of rotatable bonds is 4. The first-order chi connectivity index (χ1) is 7.50.